The molecule has 1 aromatic rings. The van der Waals surface area contributed by atoms with Crippen molar-refractivity contribution < 1.29 is 0 Å². The third-order valence-corrected chi connectivity index (χ3v) is 3.58. The molecule has 0 saturated carbocycles. The van der Waals surface area contributed by atoms with Crippen molar-refractivity contribution in [3.63, 3.8) is 0 Å². The van der Waals surface area contributed by atoms with E-state index in [9.17, 15) is 0 Å². The second kappa shape index (κ2) is 4.06. The van der Waals surface area contributed by atoms with E-state index in [4.69, 9.17) is 5.73 Å². The molecule has 0 radical (unpaired) electrons. The molecule has 3 nitrogen and oxygen atoms in total. The van der Waals surface area contributed by atoms with Crippen molar-refractivity contribution in [2.24, 2.45) is 5.73 Å². The number of aromatic nitrogens is 1. The molecule has 1 saturated heterocycles. The van der Waals surface area contributed by atoms with Gasteiger partial charge in [0.1, 0.15) is 5.82 Å². The fourth-order valence-corrected chi connectivity index (χ4v) is 2.47. The minimum absolute atomic E-state index is 0.240. The second-order valence-electron chi connectivity index (χ2n) is 5.19. The van der Waals surface area contributed by atoms with Crippen LogP contribution < -0.4 is 10.6 Å². The summed E-state index contributed by atoms with van der Waals surface area (Å²) in [7, 11) is 0. The molecule has 2 heterocycles. The molecular formula is C13H21N3. The van der Waals surface area contributed by atoms with E-state index in [0.717, 1.165) is 23.6 Å². The predicted molar refractivity (Wildman–Crippen MR) is 67.5 cm³/mol. The molecule has 3 heteroatoms. The number of hydrogen-bond acceptors (Lipinski definition) is 3. The van der Waals surface area contributed by atoms with Gasteiger partial charge in [-0.15, -0.1) is 0 Å². The lowest BCUT2D eigenvalue weighted by molar-refractivity contribution is 0.514. The maximum absolute atomic E-state index is 5.65. The van der Waals surface area contributed by atoms with Crippen molar-refractivity contribution in [2.75, 3.05) is 11.4 Å². The number of aryl methyl sites for hydroxylation is 1. The number of rotatable bonds is 2. The SMILES string of the molecule is Cc1nc(N2CCCC2(C)C)ccc1CN. The van der Waals surface area contributed by atoms with Crippen LogP contribution in [0, 0.1) is 6.92 Å². The highest BCUT2D eigenvalue weighted by atomic mass is 15.3. The van der Waals surface area contributed by atoms with E-state index in [2.05, 4.69) is 35.9 Å². The van der Waals surface area contributed by atoms with Gasteiger partial charge in [0.25, 0.3) is 0 Å². The van der Waals surface area contributed by atoms with Crippen LogP contribution in [0.5, 0.6) is 0 Å². The first-order chi connectivity index (χ1) is 7.54. The van der Waals surface area contributed by atoms with Crippen molar-refractivity contribution in [1.82, 2.24) is 4.98 Å². The highest BCUT2D eigenvalue weighted by Crippen LogP contribution is 2.32. The number of anilines is 1. The Labute approximate surface area is 97.7 Å². The van der Waals surface area contributed by atoms with Gasteiger partial charge < -0.3 is 10.6 Å². The van der Waals surface area contributed by atoms with Gasteiger partial charge >= 0.3 is 0 Å². The van der Waals surface area contributed by atoms with Crippen LogP contribution in [0.4, 0.5) is 5.82 Å². The van der Waals surface area contributed by atoms with Gasteiger partial charge in [-0.25, -0.2) is 4.98 Å². The number of hydrogen-bond donors (Lipinski definition) is 1. The van der Waals surface area contributed by atoms with Gasteiger partial charge in [0.05, 0.1) is 0 Å². The molecule has 2 N–H and O–H groups in total. The lowest BCUT2D eigenvalue weighted by Gasteiger charge is -2.33. The maximum atomic E-state index is 5.65. The summed E-state index contributed by atoms with van der Waals surface area (Å²) in [5, 5.41) is 0. The third-order valence-electron chi connectivity index (χ3n) is 3.58. The molecule has 1 fully saturated rings. The first-order valence-corrected chi connectivity index (χ1v) is 5.99. The van der Waals surface area contributed by atoms with E-state index in [1.54, 1.807) is 0 Å². The summed E-state index contributed by atoms with van der Waals surface area (Å²) in [5.74, 6) is 1.09. The summed E-state index contributed by atoms with van der Waals surface area (Å²) >= 11 is 0. The van der Waals surface area contributed by atoms with Crippen molar-refractivity contribution in [3.8, 4) is 0 Å². The maximum Gasteiger partial charge on any atom is 0.129 e. The Morgan fingerprint density at radius 3 is 2.69 bits per heavy atom. The average Bonchev–Trinajstić information content (AvgIpc) is 2.58. The molecule has 0 amide bonds. The van der Waals surface area contributed by atoms with Crippen LogP contribution in [0.2, 0.25) is 0 Å². The zero-order valence-electron chi connectivity index (χ0n) is 10.5. The van der Waals surface area contributed by atoms with E-state index >= 15 is 0 Å². The van der Waals surface area contributed by atoms with Gasteiger partial charge in [-0.1, -0.05) is 6.07 Å². The summed E-state index contributed by atoms with van der Waals surface area (Å²) in [6.07, 6.45) is 2.50. The molecule has 2 rings (SSSR count). The van der Waals surface area contributed by atoms with Crippen LogP contribution in [0.25, 0.3) is 0 Å². The van der Waals surface area contributed by atoms with Crippen LogP contribution in [-0.4, -0.2) is 17.1 Å². The van der Waals surface area contributed by atoms with Gasteiger partial charge in [-0.05, 0) is 45.2 Å². The van der Waals surface area contributed by atoms with Crippen molar-refractivity contribution >= 4 is 5.82 Å². The van der Waals surface area contributed by atoms with E-state index in [0.29, 0.717) is 6.54 Å². The third kappa shape index (κ3) is 1.92. The quantitative estimate of drug-likeness (QED) is 0.829. The van der Waals surface area contributed by atoms with Gasteiger partial charge in [-0.3, -0.25) is 0 Å². The lowest BCUT2D eigenvalue weighted by Crippen LogP contribution is -2.38. The fourth-order valence-electron chi connectivity index (χ4n) is 2.47. The minimum Gasteiger partial charge on any atom is -0.351 e. The summed E-state index contributed by atoms with van der Waals surface area (Å²) < 4.78 is 0. The Kier molecular flexibility index (Phi) is 2.89. The zero-order valence-corrected chi connectivity index (χ0v) is 10.5. The van der Waals surface area contributed by atoms with Gasteiger partial charge in [0.15, 0.2) is 0 Å². The molecule has 1 aromatic heterocycles. The van der Waals surface area contributed by atoms with Gasteiger partial charge in [0.2, 0.25) is 0 Å². The Morgan fingerprint density at radius 2 is 2.19 bits per heavy atom. The van der Waals surface area contributed by atoms with Crippen LogP contribution in [0.3, 0.4) is 0 Å². The Morgan fingerprint density at radius 1 is 1.44 bits per heavy atom. The van der Waals surface area contributed by atoms with E-state index < -0.39 is 0 Å². The molecule has 1 aliphatic rings. The van der Waals surface area contributed by atoms with Gasteiger partial charge in [-0.2, -0.15) is 0 Å². The van der Waals surface area contributed by atoms with Crippen molar-refractivity contribution in [3.05, 3.63) is 23.4 Å². The summed E-state index contributed by atoms with van der Waals surface area (Å²) in [6, 6.07) is 4.20. The first-order valence-electron chi connectivity index (χ1n) is 5.99. The second-order valence-corrected chi connectivity index (χ2v) is 5.19. The molecule has 0 aliphatic carbocycles. The first kappa shape index (κ1) is 11.4. The molecule has 0 bridgehead atoms. The van der Waals surface area contributed by atoms with Crippen molar-refractivity contribution in [2.45, 2.75) is 45.7 Å². The lowest BCUT2D eigenvalue weighted by atomic mass is 10.0. The molecule has 0 aromatic carbocycles. The number of pyridine rings is 1. The average molecular weight is 219 g/mol. The molecular weight excluding hydrogens is 198 g/mol. The van der Waals surface area contributed by atoms with Crippen LogP contribution in [0.15, 0.2) is 12.1 Å². The van der Waals surface area contributed by atoms with E-state index in [-0.39, 0.29) is 5.54 Å². The molecule has 16 heavy (non-hydrogen) atoms. The Bertz CT molecular complexity index is 385. The molecule has 88 valence electrons. The predicted octanol–water partition coefficient (Wildman–Crippen LogP) is 2.23. The standard InChI is InChI=1S/C13H21N3/c1-10-11(9-14)5-6-12(15-10)16-8-4-7-13(16,2)3/h5-6H,4,7-9,14H2,1-3H3. The molecule has 1 aliphatic heterocycles. The van der Waals surface area contributed by atoms with Crippen molar-refractivity contribution in [1.29, 1.82) is 0 Å². The van der Waals surface area contributed by atoms with Gasteiger partial charge in [0, 0.05) is 24.3 Å². The van der Waals surface area contributed by atoms with E-state index in [1.807, 2.05) is 6.92 Å². The molecule has 0 atom stereocenters. The smallest absolute Gasteiger partial charge is 0.129 e. The molecule has 0 unspecified atom stereocenters. The monoisotopic (exact) mass is 219 g/mol. The normalized spacial score (nSPS) is 19.1. The topological polar surface area (TPSA) is 42.2 Å². The number of nitrogens with two attached hydrogens (primary N) is 1. The van der Waals surface area contributed by atoms with Crippen LogP contribution in [0.1, 0.15) is 37.9 Å². The summed E-state index contributed by atoms with van der Waals surface area (Å²) in [4.78, 5) is 7.07. The minimum atomic E-state index is 0.240. The fraction of sp³-hybridized carbons (Fsp3) is 0.615. The van der Waals surface area contributed by atoms with Crippen LogP contribution >= 0.6 is 0 Å². The molecule has 0 spiro atoms. The summed E-state index contributed by atoms with van der Waals surface area (Å²) in [5.41, 5.74) is 8.09. The highest BCUT2D eigenvalue weighted by Gasteiger charge is 2.32. The number of nitrogens with zero attached hydrogens (tertiary/aromatic N) is 2. The Balaban J connectivity index is 2.31. The highest BCUT2D eigenvalue weighted by molar-refractivity contribution is 5.45. The largest absolute Gasteiger partial charge is 0.351 e. The zero-order chi connectivity index (χ0) is 11.8. The summed E-state index contributed by atoms with van der Waals surface area (Å²) in [6.45, 7) is 8.29. The van der Waals surface area contributed by atoms with Crippen LogP contribution in [-0.2, 0) is 6.54 Å². The Hall–Kier alpha value is -1.09. The van der Waals surface area contributed by atoms with E-state index in [1.165, 1.54) is 12.8 Å².